The molecule has 1 aromatic heterocycles. The molecule has 37 heavy (non-hydrogen) atoms. The van der Waals surface area contributed by atoms with E-state index in [0.717, 1.165) is 22.5 Å². The molecule has 9 nitrogen and oxygen atoms in total. The molecule has 3 heterocycles. The van der Waals surface area contributed by atoms with Gasteiger partial charge in [-0.25, -0.2) is 9.59 Å². The van der Waals surface area contributed by atoms with Crippen LogP contribution in [0.25, 0.3) is 10.9 Å². The fraction of sp³-hybridized carbons (Fsp3) is 0.321. The Balaban J connectivity index is 1.38. The molecule has 0 radical (unpaired) electrons. The van der Waals surface area contributed by atoms with E-state index in [-0.39, 0.29) is 11.9 Å². The molecule has 1 saturated heterocycles. The molecule has 3 aromatic rings. The first-order chi connectivity index (χ1) is 17.5. The number of nitrogens with zero attached hydrogens (tertiary/aromatic N) is 3. The predicted molar refractivity (Wildman–Crippen MR) is 140 cm³/mol. The number of likely N-dealkylation sites (N-methyl/N-ethyl adjacent to an activating group) is 1. The Labute approximate surface area is 215 Å². The second-order valence-corrected chi connectivity index (χ2v) is 10.6. The number of hydrogen-bond donors (Lipinski definition) is 2. The first-order valence-corrected chi connectivity index (χ1v) is 12.2. The van der Waals surface area contributed by atoms with Crippen LogP contribution in [-0.4, -0.2) is 51.5 Å². The first kappa shape index (κ1) is 24.4. The Kier molecular flexibility index (Phi) is 5.94. The number of carbonyl (C=O) groups excluding carboxylic acids is 3. The lowest BCUT2D eigenvalue weighted by atomic mass is 9.87. The van der Waals surface area contributed by atoms with Crippen LogP contribution in [0.1, 0.15) is 53.9 Å². The zero-order chi connectivity index (χ0) is 26.5. The Morgan fingerprint density at radius 1 is 1.11 bits per heavy atom. The van der Waals surface area contributed by atoms with Crippen molar-refractivity contribution in [1.29, 1.82) is 0 Å². The Hall–Kier alpha value is -4.27. The third-order valence-electron chi connectivity index (χ3n) is 6.87. The third kappa shape index (κ3) is 4.52. The molecule has 1 unspecified atom stereocenters. The highest BCUT2D eigenvalue weighted by Crippen LogP contribution is 2.43. The van der Waals surface area contributed by atoms with Gasteiger partial charge in [0.05, 0.1) is 6.54 Å². The lowest BCUT2D eigenvalue weighted by Gasteiger charge is -2.44. The number of nitrogens with one attached hydrogen (secondary N) is 2. The maximum absolute atomic E-state index is 12.8. The molecule has 1 fully saturated rings. The van der Waals surface area contributed by atoms with E-state index in [2.05, 4.69) is 34.1 Å². The summed E-state index contributed by atoms with van der Waals surface area (Å²) in [6, 6.07) is 15.4. The summed E-state index contributed by atoms with van der Waals surface area (Å²) < 4.78 is 2.25. The van der Waals surface area contributed by atoms with E-state index < -0.39 is 17.5 Å². The quantitative estimate of drug-likeness (QED) is 0.522. The Bertz CT molecular complexity index is 1420. The topological polar surface area (TPSA) is 95.9 Å². The highest BCUT2D eigenvalue weighted by Gasteiger charge is 2.41. The van der Waals surface area contributed by atoms with Gasteiger partial charge in [-0.3, -0.25) is 4.79 Å². The van der Waals surface area contributed by atoms with Crippen LogP contribution in [0.2, 0.25) is 0 Å². The number of hydroxylamine groups is 1. The average molecular weight is 502 g/mol. The summed E-state index contributed by atoms with van der Waals surface area (Å²) in [6.07, 6.45) is -0.727. The number of hydrogen-bond acceptors (Lipinski definition) is 4. The zero-order valence-corrected chi connectivity index (χ0v) is 21.5. The van der Waals surface area contributed by atoms with Crippen LogP contribution in [0.15, 0.2) is 60.8 Å². The molecule has 5 rings (SSSR count). The van der Waals surface area contributed by atoms with Gasteiger partial charge >= 0.3 is 12.1 Å². The van der Waals surface area contributed by atoms with Gasteiger partial charge in [0.1, 0.15) is 0 Å². The molecule has 2 N–H and O–H groups in total. The zero-order valence-electron chi connectivity index (χ0n) is 21.5. The highest BCUT2D eigenvalue weighted by molar-refractivity contribution is 5.94. The number of aromatic nitrogens is 1. The fourth-order valence-electron chi connectivity index (χ4n) is 5.09. The van der Waals surface area contributed by atoms with E-state index in [1.165, 1.54) is 10.9 Å². The Morgan fingerprint density at radius 2 is 1.81 bits per heavy atom. The smallest absolute Gasteiger partial charge is 0.338 e. The van der Waals surface area contributed by atoms with Crippen LogP contribution in [0, 0.1) is 0 Å². The molecule has 1 atom stereocenters. The molecule has 0 aliphatic carbocycles. The standard InChI is InChI=1S/C28H31N5O4/c1-17-21-15-32(27(36)31(17)5)16-23-24(21)20-8-6-7-9-22(20)33(23)14-18-10-12-19(13-11-18)25(34)30-37-26(35)29-28(2,3)4/h6-13,21H,1,14-16H2,2-5H3,(H,29,35)(H,30,34). The molecule has 192 valence electrons. The molecule has 2 aliphatic rings. The molecule has 0 spiro atoms. The Morgan fingerprint density at radius 3 is 2.51 bits per heavy atom. The maximum atomic E-state index is 12.8. The van der Waals surface area contributed by atoms with Gasteiger partial charge in [0, 0.05) is 59.5 Å². The van der Waals surface area contributed by atoms with Crippen molar-refractivity contribution in [3.05, 3.63) is 83.2 Å². The molecule has 9 heteroatoms. The van der Waals surface area contributed by atoms with Crippen molar-refractivity contribution in [3.63, 3.8) is 0 Å². The molecule has 2 bridgehead atoms. The molecular weight excluding hydrogens is 470 g/mol. The van der Waals surface area contributed by atoms with Crippen molar-refractivity contribution < 1.29 is 19.2 Å². The van der Waals surface area contributed by atoms with Gasteiger partial charge in [-0.15, -0.1) is 0 Å². The summed E-state index contributed by atoms with van der Waals surface area (Å²) in [5, 5.41) is 3.78. The van der Waals surface area contributed by atoms with E-state index in [1.807, 2.05) is 49.9 Å². The number of amides is 4. The minimum atomic E-state index is -0.727. The number of fused-ring (bicyclic) bond motifs is 6. The average Bonchev–Trinajstić information content (AvgIpc) is 3.17. The van der Waals surface area contributed by atoms with Crippen molar-refractivity contribution in [2.24, 2.45) is 0 Å². The van der Waals surface area contributed by atoms with Gasteiger partial charge in [-0.1, -0.05) is 36.9 Å². The minimum absolute atomic E-state index is 0.0301. The lowest BCUT2D eigenvalue weighted by molar-refractivity contribution is 0.0550. The minimum Gasteiger partial charge on any atom is -0.338 e. The number of carbonyl (C=O) groups is 3. The van der Waals surface area contributed by atoms with Gasteiger partial charge in [0.2, 0.25) is 0 Å². The lowest BCUT2D eigenvalue weighted by Crippen LogP contribution is -2.51. The normalized spacial score (nSPS) is 17.0. The third-order valence-corrected chi connectivity index (χ3v) is 6.87. The molecule has 2 aliphatic heterocycles. The number of urea groups is 1. The summed E-state index contributed by atoms with van der Waals surface area (Å²) in [6.45, 7) is 11.4. The van der Waals surface area contributed by atoms with Crippen LogP contribution in [0.5, 0.6) is 0 Å². The van der Waals surface area contributed by atoms with Crippen molar-refractivity contribution in [2.45, 2.75) is 45.3 Å². The van der Waals surface area contributed by atoms with E-state index in [0.29, 0.717) is 25.2 Å². The highest BCUT2D eigenvalue weighted by atomic mass is 16.7. The van der Waals surface area contributed by atoms with E-state index in [9.17, 15) is 14.4 Å². The van der Waals surface area contributed by atoms with Crippen LogP contribution in [0.4, 0.5) is 9.59 Å². The van der Waals surface area contributed by atoms with E-state index >= 15 is 0 Å². The first-order valence-electron chi connectivity index (χ1n) is 12.2. The number of rotatable bonds is 3. The number of benzene rings is 2. The monoisotopic (exact) mass is 501 g/mol. The number of para-hydroxylation sites is 1. The predicted octanol–water partition coefficient (Wildman–Crippen LogP) is 4.34. The van der Waals surface area contributed by atoms with Crippen LogP contribution in [-0.2, 0) is 17.9 Å². The van der Waals surface area contributed by atoms with Gasteiger partial charge in [0.15, 0.2) is 0 Å². The van der Waals surface area contributed by atoms with E-state index in [4.69, 9.17) is 4.84 Å². The summed E-state index contributed by atoms with van der Waals surface area (Å²) >= 11 is 0. The van der Waals surface area contributed by atoms with Crippen molar-refractivity contribution in [2.75, 3.05) is 13.6 Å². The van der Waals surface area contributed by atoms with Crippen LogP contribution in [0.3, 0.4) is 0 Å². The summed E-state index contributed by atoms with van der Waals surface area (Å²) in [5.41, 5.74) is 7.34. The van der Waals surface area contributed by atoms with Crippen LogP contribution >= 0.6 is 0 Å². The summed E-state index contributed by atoms with van der Waals surface area (Å²) in [7, 11) is 1.79. The van der Waals surface area contributed by atoms with Gasteiger partial charge in [-0.05, 0) is 50.1 Å². The SMILES string of the molecule is C=C1C2CN(Cc3c2c2ccccc2n3Cc2ccc(C(=O)NOC(=O)NC(C)(C)C)cc2)C(=O)N1C. The van der Waals surface area contributed by atoms with Gasteiger partial charge in [0.25, 0.3) is 5.91 Å². The molecular formula is C28H31N5O4. The fourth-order valence-corrected chi connectivity index (χ4v) is 5.09. The molecule has 0 saturated carbocycles. The largest absolute Gasteiger partial charge is 0.431 e. The summed E-state index contributed by atoms with van der Waals surface area (Å²) in [4.78, 5) is 45.4. The second-order valence-electron chi connectivity index (χ2n) is 10.6. The van der Waals surface area contributed by atoms with Crippen LogP contribution < -0.4 is 10.8 Å². The van der Waals surface area contributed by atoms with Crippen molar-refractivity contribution in [3.8, 4) is 0 Å². The summed E-state index contributed by atoms with van der Waals surface area (Å²) in [5.74, 6) is -0.458. The van der Waals surface area contributed by atoms with Gasteiger partial charge < -0.3 is 24.5 Å². The second kappa shape index (κ2) is 8.99. The molecule has 2 aromatic carbocycles. The van der Waals surface area contributed by atoms with E-state index in [1.54, 1.807) is 24.1 Å². The van der Waals surface area contributed by atoms with Gasteiger partial charge in [-0.2, -0.15) is 5.48 Å². The van der Waals surface area contributed by atoms with Crippen molar-refractivity contribution in [1.82, 2.24) is 25.2 Å². The maximum Gasteiger partial charge on any atom is 0.431 e. The van der Waals surface area contributed by atoms with Crippen molar-refractivity contribution >= 4 is 28.9 Å². The molecule has 4 amide bonds.